The number of hydrogen-bond acceptors (Lipinski definition) is 2. The molecule has 0 saturated carbocycles. The Morgan fingerprint density at radius 3 is 2.93 bits per heavy atom. The summed E-state index contributed by atoms with van der Waals surface area (Å²) in [6.45, 7) is 3.97. The highest BCUT2D eigenvalue weighted by molar-refractivity contribution is 6.29. The summed E-state index contributed by atoms with van der Waals surface area (Å²) < 4.78 is 17.8. The van der Waals surface area contributed by atoms with E-state index in [4.69, 9.17) is 16.3 Å². The van der Waals surface area contributed by atoms with Crippen molar-refractivity contribution in [2.75, 3.05) is 19.0 Å². The normalized spacial score (nSPS) is 9.64. The monoisotopic (exact) mass is 215 g/mol. The number of nitrogens with one attached hydrogen (secondary N) is 1. The van der Waals surface area contributed by atoms with Crippen LogP contribution in [0, 0.1) is 5.82 Å². The maximum atomic E-state index is 13.0. The Hall–Kier alpha value is -1.22. The van der Waals surface area contributed by atoms with Crippen LogP contribution >= 0.6 is 11.6 Å². The molecule has 4 heteroatoms. The zero-order valence-electron chi connectivity index (χ0n) is 7.81. The fourth-order valence-electron chi connectivity index (χ4n) is 0.968. The summed E-state index contributed by atoms with van der Waals surface area (Å²) in [5.41, 5.74) is 0.741. The average molecular weight is 216 g/mol. The van der Waals surface area contributed by atoms with Crippen molar-refractivity contribution >= 4 is 17.3 Å². The molecule has 0 atom stereocenters. The molecular formula is C10H11ClFNO. The van der Waals surface area contributed by atoms with E-state index in [0.29, 0.717) is 11.6 Å². The highest BCUT2D eigenvalue weighted by Crippen LogP contribution is 2.21. The molecule has 14 heavy (non-hydrogen) atoms. The van der Waals surface area contributed by atoms with E-state index in [1.54, 1.807) is 12.1 Å². The molecule has 0 aliphatic carbocycles. The molecule has 0 aromatic heterocycles. The van der Waals surface area contributed by atoms with E-state index >= 15 is 0 Å². The highest BCUT2D eigenvalue weighted by atomic mass is 35.5. The number of rotatable bonds is 4. The quantitative estimate of drug-likeness (QED) is 0.834. The van der Waals surface area contributed by atoms with Crippen LogP contribution in [0.25, 0.3) is 0 Å². The van der Waals surface area contributed by atoms with Gasteiger partial charge < -0.3 is 10.1 Å². The van der Waals surface area contributed by atoms with Gasteiger partial charge in [-0.1, -0.05) is 18.2 Å². The van der Waals surface area contributed by atoms with Crippen LogP contribution in [0.4, 0.5) is 10.1 Å². The number of benzene rings is 1. The number of anilines is 1. The zero-order valence-corrected chi connectivity index (χ0v) is 8.57. The second kappa shape index (κ2) is 4.86. The lowest BCUT2D eigenvalue weighted by molar-refractivity contribution is 0.387. The minimum absolute atomic E-state index is 0.204. The molecule has 0 amide bonds. The Balaban J connectivity index is 2.74. The molecule has 76 valence electrons. The molecule has 1 rings (SSSR count). The largest absolute Gasteiger partial charge is 0.494 e. The van der Waals surface area contributed by atoms with Gasteiger partial charge in [0.25, 0.3) is 0 Å². The lowest BCUT2D eigenvalue weighted by atomic mass is 10.3. The molecular weight excluding hydrogens is 205 g/mol. The Bertz CT molecular complexity index is 341. The van der Waals surface area contributed by atoms with Gasteiger partial charge in [-0.15, -0.1) is 0 Å². The van der Waals surface area contributed by atoms with Gasteiger partial charge in [0.15, 0.2) is 11.6 Å². The van der Waals surface area contributed by atoms with Crippen LogP contribution in [0.1, 0.15) is 0 Å². The molecule has 0 aliphatic rings. The summed E-state index contributed by atoms with van der Waals surface area (Å²) in [5, 5.41) is 3.46. The third kappa shape index (κ3) is 2.92. The van der Waals surface area contributed by atoms with Crippen LogP contribution in [-0.4, -0.2) is 13.7 Å². The Morgan fingerprint density at radius 1 is 1.64 bits per heavy atom. The fraction of sp³-hybridized carbons (Fsp3) is 0.200. The number of methoxy groups -OCH3 is 1. The van der Waals surface area contributed by atoms with Crippen molar-refractivity contribution in [2.45, 2.75) is 0 Å². The van der Waals surface area contributed by atoms with Gasteiger partial charge in [0.05, 0.1) is 13.7 Å². The van der Waals surface area contributed by atoms with Crippen LogP contribution in [0.15, 0.2) is 29.8 Å². The number of halogens is 2. The van der Waals surface area contributed by atoms with Crippen molar-refractivity contribution in [3.63, 3.8) is 0 Å². The first-order valence-electron chi connectivity index (χ1n) is 4.04. The summed E-state index contributed by atoms with van der Waals surface area (Å²) in [6.07, 6.45) is 0. The molecule has 1 aromatic carbocycles. The Morgan fingerprint density at radius 2 is 2.36 bits per heavy atom. The van der Waals surface area contributed by atoms with Gasteiger partial charge in [0.1, 0.15) is 0 Å². The van der Waals surface area contributed by atoms with Gasteiger partial charge in [-0.05, 0) is 12.1 Å². The second-order valence-corrected chi connectivity index (χ2v) is 3.25. The van der Waals surface area contributed by atoms with Crippen LogP contribution < -0.4 is 10.1 Å². The van der Waals surface area contributed by atoms with Gasteiger partial charge >= 0.3 is 0 Å². The summed E-state index contributed by atoms with van der Waals surface area (Å²) in [4.78, 5) is 0. The van der Waals surface area contributed by atoms with Gasteiger partial charge in [-0.25, -0.2) is 4.39 Å². The molecule has 0 fully saturated rings. The van der Waals surface area contributed by atoms with Crippen molar-refractivity contribution in [2.24, 2.45) is 0 Å². The first kappa shape index (κ1) is 10.9. The van der Waals surface area contributed by atoms with Crippen molar-refractivity contribution < 1.29 is 9.13 Å². The van der Waals surface area contributed by atoms with Crippen molar-refractivity contribution in [3.8, 4) is 5.75 Å². The lowest BCUT2D eigenvalue weighted by Crippen LogP contribution is -2.01. The third-order valence-corrected chi connectivity index (χ3v) is 1.77. The molecule has 2 nitrogen and oxygen atoms in total. The van der Waals surface area contributed by atoms with Crippen LogP contribution in [-0.2, 0) is 0 Å². The van der Waals surface area contributed by atoms with Crippen molar-refractivity contribution in [3.05, 3.63) is 35.6 Å². The average Bonchev–Trinajstić information content (AvgIpc) is 2.16. The topological polar surface area (TPSA) is 21.3 Å². The maximum Gasteiger partial charge on any atom is 0.165 e. The Kier molecular flexibility index (Phi) is 3.77. The molecule has 0 bridgehead atoms. The second-order valence-electron chi connectivity index (χ2n) is 2.72. The Labute approximate surface area is 87.3 Å². The van der Waals surface area contributed by atoms with Crippen molar-refractivity contribution in [1.29, 1.82) is 0 Å². The predicted octanol–water partition coefficient (Wildman–Crippen LogP) is 3.00. The van der Waals surface area contributed by atoms with Gasteiger partial charge in [0, 0.05) is 16.8 Å². The minimum Gasteiger partial charge on any atom is -0.494 e. The first-order valence-corrected chi connectivity index (χ1v) is 4.42. The molecule has 0 unspecified atom stereocenters. The van der Waals surface area contributed by atoms with E-state index in [2.05, 4.69) is 11.9 Å². The zero-order chi connectivity index (χ0) is 10.6. The van der Waals surface area contributed by atoms with Crippen LogP contribution in [0.5, 0.6) is 5.75 Å². The summed E-state index contributed by atoms with van der Waals surface area (Å²) >= 11 is 5.57. The summed E-state index contributed by atoms with van der Waals surface area (Å²) in [7, 11) is 1.42. The van der Waals surface area contributed by atoms with E-state index in [1.807, 2.05) is 0 Å². The number of ether oxygens (including phenoxy) is 1. The van der Waals surface area contributed by atoms with E-state index in [0.717, 1.165) is 5.69 Å². The standard InChI is InChI=1S/C10H11ClFNO/c1-7(11)6-13-8-3-4-9(12)10(5-8)14-2/h3-5,13H,1,6H2,2H3. The number of hydrogen-bond donors (Lipinski definition) is 1. The van der Waals surface area contributed by atoms with Crippen LogP contribution in [0.3, 0.4) is 0 Å². The summed E-state index contributed by atoms with van der Waals surface area (Å²) in [6, 6.07) is 4.50. The SMILES string of the molecule is C=C(Cl)CNc1ccc(F)c(OC)c1. The van der Waals surface area contributed by atoms with Crippen molar-refractivity contribution in [1.82, 2.24) is 0 Å². The highest BCUT2D eigenvalue weighted by Gasteiger charge is 2.02. The predicted molar refractivity (Wildman–Crippen MR) is 56.4 cm³/mol. The van der Waals surface area contributed by atoms with E-state index in [-0.39, 0.29) is 11.6 Å². The lowest BCUT2D eigenvalue weighted by Gasteiger charge is -2.07. The smallest absolute Gasteiger partial charge is 0.165 e. The molecule has 1 N–H and O–H groups in total. The van der Waals surface area contributed by atoms with Gasteiger partial charge in [-0.3, -0.25) is 0 Å². The summed E-state index contributed by atoms with van der Waals surface area (Å²) in [5.74, 6) is -0.182. The molecule has 1 aromatic rings. The van der Waals surface area contributed by atoms with E-state index < -0.39 is 0 Å². The van der Waals surface area contributed by atoms with E-state index in [9.17, 15) is 4.39 Å². The molecule has 0 heterocycles. The fourth-order valence-corrected chi connectivity index (χ4v) is 1.03. The minimum atomic E-state index is -0.386. The van der Waals surface area contributed by atoms with Gasteiger partial charge in [0.2, 0.25) is 0 Å². The maximum absolute atomic E-state index is 13.0. The third-order valence-electron chi connectivity index (χ3n) is 1.64. The molecule has 0 aliphatic heterocycles. The van der Waals surface area contributed by atoms with E-state index in [1.165, 1.54) is 13.2 Å². The van der Waals surface area contributed by atoms with Gasteiger partial charge in [-0.2, -0.15) is 0 Å². The first-order chi connectivity index (χ1) is 6.63. The van der Waals surface area contributed by atoms with Crippen LogP contribution in [0.2, 0.25) is 0 Å². The molecule has 0 radical (unpaired) electrons. The molecule has 0 spiro atoms. The molecule has 0 saturated heterocycles.